The highest BCUT2D eigenvalue weighted by Gasteiger charge is 2.26. The molecule has 3 nitrogen and oxygen atoms in total. The van der Waals surface area contributed by atoms with E-state index in [1.807, 2.05) is 60.7 Å². The molecule has 4 heteroatoms. The van der Waals surface area contributed by atoms with Crippen molar-refractivity contribution in [3.8, 4) is 11.5 Å². The quantitative estimate of drug-likeness (QED) is 0.506. The van der Waals surface area contributed by atoms with Crippen LogP contribution in [0.3, 0.4) is 0 Å². The highest BCUT2D eigenvalue weighted by molar-refractivity contribution is 6.38. The van der Waals surface area contributed by atoms with Gasteiger partial charge in [-0.1, -0.05) is 56.2 Å². The Morgan fingerprint density at radius 1 is 0.762 bits per heavy atom. The molecule has 0 aliphatic carbocycles. The molecule has 21 heavy (non-hydrogen) atoms. The third-order valence-corrected chi connectivity index (χ3v) is 2.95. The zero-order chi connectivity index (χ0) is 14.8. The van der Waals surface area contributed by atoms with Gasteiger partial charge in [-0.15, -0.1) is 0 Å². The molecule has 0 heterocycles. The zero-order valence-corrected chi connectivity index (χ0v) is 12.4. The molecular formula is C17H21BO3. The van der Waals surface area contributed by atoms with Crippen LogP contribution in [0.25, 0.3) is 0 Å². The van der Waals surface area contributed by atoms with E-state index in [9.17, 15) is 0 Å². The smallest absolute Gasteiger partial charge is 0.501 e. The molecule has 0 amide bonds. The minimum absolute atomic E-state index is 0.623. The molecule has 0 aromatic heterocycles. The molecule has 0 spiro atoms. The first kappa shape index (κ1) is 15.5. The Hall–Kier alpha value is -1.94. The molecule has 0 saturated carbocycles. The van der Waals surface area contributed by atoms with Gasteiger partial charge in [0.25, 0.3) is 0 Å². The normalized spacial score (nSPS) is 10.1. The standard InChI is InChI=1S/C17H21BO3/c1-2-3-10-15-19-18(20-16-11-6-4-7-12-16)21-17-13-8-5-9-14-17/h4-9,11-14H,2-3,10,15H2,1H3. The fourth-order valence-corrected chi connectivity index (χ4v) is 1.84. The fourth-order valence-electron chi connectivity index (χ4n) is 1.84. The maximum atomic E-state index is 5.75. The maximum Gasteiger partial charge on any atom is 0.788 e. The summed E-state index contributed by atoms with van der Waals surface area (Å²) in [7, 11) is -0.730. The SMILES string of the molecule is CCCCCOB(Oc1ccccc1)Oc1ccccc1. The van der Waals surface area contributed by atoms with Crippen LogP contribution in [0.1, 0.15) is 26.2 Å². The van der Waals surface area contributed by atoms with E-state index in [0.717, 1.165) is 30.8 Å². The lowest BCUT2D eigenvalue weighted by Crippen LogP contribution is -2.34. The van der Waals surface area contributed by atoms with E-state index in [1.165, 1.54) is 0 Å². The average Bonchev–Trinajstić information content (AvgIpc) is 2.53. The number of unbranched alkanes of at least 4 members (excludes halogenated alkanes) is 2. The maximum absolute atomic E-state index is 5.75. The van der Waals surface area contributed by atoms with Crippen molar-refractivity contribution in [2.75, 3.05) is 6.61 Å². The first-order chi connectivity index (χ1) is 10.4. The molecule has 110 valence electrons. The summed E-state index contributed by atoms with van der Waals surface area (Å²) >= 11 is 0. The molecule has 0 aliphatic rings. The van der Waals surface area contributed by atoms with Crippen LogP contribution in [-0.4, -0.2) is 13.9 Å². The van der Waals surface area contributed by atoms with Gasteiger partial charge < -0.3 is 14.0 Å². The molecule has 0 saturated heterocycles. The van der Waals surface area contributed by atoms with Crippen molar-refractivity contribution >= 4 is 7.32 Å². The number of hydrogen-bond donors (Lipinski definition) is 0. The van der Waals surface area contributed by atoms with Crippen LogP contribution in [0.15, 0.2) is 60.7 Å². The summed E-state index contributed by atoms with van der Waals surface area (Å²) in [6.45, 7) is 2.79. The Morgan fingerprint density at radius 2 is 1.29 bits per heavy atom. The van der Waals surface area contributed by atoms with Crippen molar-refractivity contribution in [1.82, 2.24) is 0 Å². The molecule has 0 aliphatic heterocycles. The Labute approximate surface area is 127 Å². The molecular weight excluding hydrogens is 263 g/mol. The minimum Gasteiger partial charge on any atom is -0.501 e. The van der Waals surface area contributed by atoms with E-state index in [0.29, 0.717) is 6.61 Å². The summed E-state index contributed by atoms with van der Waals surface area (Å²) in [5.74, 6) is 1.46. The van der Waals surface area contributed by atoms with Crippen LogP contribution < -0.4 is 9.31 Å². The summed E-state index contributed by atoms with van der Waals surface area (Å²) in [5.41, 5.74) is 0. The zero-order valence-electron chi connectivity index (χ0n) is 12.4. The lowest BCUT2D eigenvalue weighted by Gasteiger charge is -2.15. The summed E-state index contributed by atoms with van der Waals surface area (Å²) in [6.07, 6.45) is 3.31. The number of rotatable bonds is 9. The van der Waals surface area contributed by atoms with Gasteiger partial charge in [0, 0.05) is 6.61 Å². The largest absolute Gasteiger partial charge is 0.788 e. The molecule has 2 aromatic rings. The topological polar surface area (TPSA) is 27.7 Å². The molecule has 0 radical (unpaired) electrons. The van der Waals surface area contributed by atoms with Crippen LogP contribution in [0.4, 0.5) is 0 Å². The first-order valence-electron chi connectivity index (χ1n) is 7.43. The average molecular weight is 284 g/mol. The molecule has 0 fully saturated rings. The predicted octanol–water partition coefficient (Wildman–Crippen LogP) is 4.34. The Balaban J connectivity index is 1.93. The number of para-hydroxylation sites is 2. The Kier molecular flexibility index (Phi) is 6.68. The van der Waals surface area contributed by atoms with E-state index < -0.39 is 7.32 Å². The Morgan fingerprint density at radius 3 is 1.76 bits per heavy atom. The third-order valence-electron chi connectivity index (χ3n) is 2.95. The van der Waals surface area contributed by atoms with Crippen LogP contribution in [0.5, 0.6) is 11.5 Å². The summed E-state index contributed by atoms with van der Waals surface area (Å²) < 4.78 is 17.2. The van der Waals surface area contributed by atoms with E-state index >= 15 is 0 Å². The van der Waals surface area contributed by atoms with E-state index in [4.69, 9.17) is 14.0 Å². The Bertz CT molecular complexity index is 448. The van der Waals surface area contributed by atoms with Crippen molar-refractivity contribution < 1.29 is 14.0 Å². The van der Waals surface area contributed by atoms with Gasteiger partial charge >= 0.3 is 7.32 Å². The second kappa shape index (κ2) is 9.08. The molecule has 2 rings (SSSR count). The van der Waals surface area contributed by atoms with Crippen molar-refractivity contribution in [3.05, 3.63) is 60.7 Å². The monoisotopic (exact) mass is 284 g/mol. The van der Waals surface area contributed by atoms with Gasteiger partial charge in [0.1, 0.15) is 11.5 Å². The van der Waals surface area contributed by atoms with Gasteiger partial charge in [0.2, 0.25) is 0 Å². The summed E-state index contributed by atoms with van der Waals surface area (Å²) in [4.78, 5) is 0. The van der Waals surface area contributed by atoms with Crippen LogP contribution in [-0.2, 0) is 4.65 Å². The van der Waals surface area contributed by atoms with Crippen LogP contribution in [0.2, 0.25) is 0 Å². The number of hydrogen-bond acceptors (Lipinski definition) is 3. The van der Waals surface area contributed by atoms with Crippen molar-refractivity contribution in [3.63, 3.8) is 0 Å². The van der Waals surface area contributed by atoms with Crippen LogP contribution >= 0.6 is 0 Å². The molecule has 2 aromatic carbocycles. The van der Waals surface area contributed by atoms with Crippen molar-refractivity contribution in [2.24, 2.45) is 0 Å². The molecule has 0 N–H and O–H groups in total. The van der Waals surface area contributed by atoms with Crippen LogP contribution in [0, 0.1) is 0 Å². The minimum atomic E-state index is -0.730. The lowest BCUT2D eigenvalue weighted by molar-refractivity contribution is 0.197. The van der Waals surface area contributed by atoms with E-state index in [1.54, 1.807) is 0 Å². The van der Waals surface area contributed by atoms with E-state index in [2.05, 4.69) is 6.92 Å². The molecule has 0 unspecified atom stereocenters. The van der Waals surface area contributed by atoms with Gasteiger partial charge in [-0.2, -0.15) is 0 Å². The second-order valence-electron chi connectivity index (χ2n) is 4.73. The highest BCUT2D eigenvalue weighted by Crippen LogP contribution is 2.15. The molecule has 0 bridgehead atoms. The van der Waals surface area contributed by atoms with Gasteiger partial charge in [-0.25, -0.2) is 0 Å². The third kappa shape index (κ3) is 5.92. The van der Waals surface area contributed by atoms with E-state index in [-0.39, 0.29) is 0 Å². The van der Waals surface area contributed by atoms with Crippen molar-refractivity contribution in [2.45, 2.75) is 26.2 Å². The van der Waals surface area contributed by atoms with Gasteiger partial charge in [-0.3, -0.25) is 0 Å². The first-order valence-corrected chi connectivity index (χ1v) is 7.43. The van der Waals surface area contributed by atoms with Crippen molar-refractivity contribution in [1.29, 1.82) is 0 Å². The lowest BCUT2D eigenvalue weighted by atomic mass is 10.2. The second-order valence-corrected chi connectivity index (χ2v) is 4.73. The number of benzene rings is 2. The fraction of sp³-hybridized carbons (Fsp3) is 0.294. The van der Waals surface area contributed by atoms with Gasteiger partial charge in [-0.05, 0) is 30.7 Å². The summed E-state index contributed by atoms with van der Waals surface area (Å²) in [5, 5.41) is 0. The summed E-state index contributed by atoms with van der Waals surface area (Å²) in [6, 6.07) is 19.1. The molecule has 0 atom stereocenters. The predicted molar refractivity (Wildman–Crippen MR) is 85.4 cm³/mol. The van der Waals surface area contributed by atoms with Gasteiger partial charge in [0.15, 0.2) is 0 Å². The highest BCUT2D eigenvalue weighted by atomic mass is 16.7. The van der Waals surface area contributed by atoms with Gasteiger partial charge in [0.05, 0.1) is 0 Å².